The molecule has 0 radical (unpaired) electrons. The highest BCUT2D eigenvalue weighted by molar-refractivity contribution is 5.95. The van der Waals surface area contributed by atoms with Crippen LogP contribution in [0.15, 0.2) is 77.9 Å². The summed E-state index contributed by atoms with van der Waals surface area (Å²) in [5.41, 5.74) is 13.7. The fraction of sp³-hybridized carbons (Fsp3) is 0.190. The molecule has 0 aliphatic rings. The minimum atomic E-state index is -0.178. The Morgan fingerprint density at radius 2 is 1.66 bits per heavy atom. The second-order valence-corrected chi connectivity index (χ2v) is 5.99. The van der Waals surface area contributed by atoms with Crippen LogP contribution in [0.5, 0.6) is 0 Å². The Kier molecular flexibility index (Phi) is 10.6. The van der Waals surface area contributed by atoms with E-state index in [2.05, 4.69) is 46.6 Å². The maximum Gasteiger partial charge on any atom is 0.195 e. The van der Waals surface area contributed by atoms with Gasteiger partial charge in [-0.15, -0.1) is 12.4 Å². The van der Waals surface area contributed by atoms with Gasteiger partial charge in [-0.25, -0.2) is 4.68 Å². The van der Waals surface area contributed by atoms with E-state index in [4.69, 9.17) is 16.9 Å². The van der Waals surface area contributed by atoms with Crippen molar-refractivity contribution in [3.63, 3.8) is 0 Å². The molecule has 0 saturated heterocycles. The zero-order chi connectivity index (χ0) is 20.2. The van der Waals surface area contributed by atoms with E-state index in [9.17, 15) is 0 Å². The molecule has 0 bridgehead atoms. The predicted molar refractivity (Wildman–Crippen MR) is 123 cm³/mol. The van der Waals surface area contributed by atoms with Gasteiger partial charge in [-0.2, -0.15) is 5.10 Å². The summed E-state index contributed by atoms with van der Waals surface area (Å²) >= 11 is 0. The summed E-state index contributed by atoms with van der Waals surface area (Å²) in [5, 5.41) is 13.6. The number of guanidine groups is 2. The van der Waals surface area contributed by atoms with Crippen molar-refractivity contribution < 1.29 is 0 Å². The lowest BCUT2D eigenvalue weighted by Crippen LogP contribution is -2.40. The van der Waals surface area contributed by atoms with Crippen LogP contribution in [0.2, 0.25) is 0 Å². The molecule has 6 N–H and O–H groups in total. The highest BCUT2D eigenvalue weighted by atomic mass is 35.5. The van der Waals surface area contributed by atoms with Gasteiger partial charge in [0.25, 0.3) is 0 Å². The van der Waals surface area contributed by atoms with Crippen molar-refractivity contribution in [1.82, 2.24) is 15.1 Å². The third kappa shape index (κ3) is 8.06. The summed E-state index contributed by atoms with van der Waals surface area (Å²) < 4.78 is 1.95. The van der Waals surface area contributed by atoms with Gasteiger partial charge in [-0.3, -0.25) is 15.7 Å². The van der Waals surface area contributed by atoms with Crippen LogP contribution in [0.1, 0.15) is 19.8 Å². The molecule has 0 saturated carbocycles. The van der Waals surface area contributed by atoms with Crippen molar-refractivity contribution in [3.8, 4) is 16.9 Å². The first-order chi connectivity index (χ1) is 13.6. The molecule has 7 nitrogen and oxygen atoms in total. The number of nitrogens with one attached hydrogen (secondary N) is 2. The quantitative estimate of drug-likeness (QED) is 0.290. The smallest absolute Gasteiger partial charge is 0.195 e. The van der Waals surface area contributed by atoms with Crippen molar-refractivity contribution in [2.45, 2.75) is 19.8 Å². The average Bonchev–Trinajstić information content (AvgIpc) is 3.19. The number of hydrogen-bond acceptors (Lipinski definition) is 3. The maximum atomic E-state index is 6.81. The molecule has 0 fully saturated rings. The number of hydrogen-bond donors (Lipinski definition) is 4. The second-order valence-electron chi connectivity index (χ2n) is 5.99. The number of unbranched alkanes of at least 4 members (excludes halogenated alkanes) is 1. The van der Waals surface area contributed by atoms with Crippen LogP contribution in [0, 0.1) is 5.41 Å². The molecule has 1 aromatic heterocycles. The molecule has 0 aliphatic carbocycles. The van der Waals surface area contributed by atoms with E-state index in [0.29, 0.717) is 6.54 Å². The largest absolute Gasteiger partial charge is 0.370 e. The normalized spacial score (nSPS) is 10.3. The van der Waals surface area contributed by atoms with E-state index in [1.807, 2.05) is 53.3 Å². The topological polar surface area (TPSA) is 118 Å². The maximum absolute atomic E-state index is 6.81. The standard InChI is InChI=1S/C15H12N2.C6H15N5.ClH/c1-3-7-13(8-4-1)15-11-12-16-17(15)14-9-5-2-6-10-14;1-2-3-4-10-6(9)11-5(7)8;/h1-12H;2-4H2,1H3,(H6,7,8,9,10,11);1H. The number of halogens is 1. The van der Waals surface area contributed by atoms with Crippen LogP contribution in [0.3, 0.4) is 0 Å². The lowest BCUT2D eigenvalue weighted by atomic mass is 10.1. The molecular formula is C21H28ClN7. The fourth-order valence-corrected chi connectivity index (χ4v) is 2.44. The van der Waals surface area contributed by atoms with Crippen molar-refractivity contribution in [1.29, 1.82) is 5.41 Å². The molecule has 1 heterocycles. The van der Waals surface area contributed by atoms with E-state index in [1.165, 1.54) is 5.56 Å². The minimum Gasteiger partial charge on any atom is -0.370 e. The van der Waals surface area contributed by atoms with E-state index in [0.717, 1.165) is 24.2 Å². The summed E-state index contributed by atoms with van der Waals surface area (Å²) in [7, 11) is 0. The molecule has 29 heavy (non-hydrogen) atoms. The van der Waals surface area contributed by atoms with Crippen LogP contribution >= 0.6 is 12.4 Å². The van der Waals surface area contributed by atoms with Gasteiger partial charge in [0.15, 0.2) is 11.9 Å². The summed E-state index contributed by atoms with van der Waals surface area (Å²) in [5.74, 6) is 0.0358. The van der Waals surface area contributed by atoms with E-state index < -0.39 is 0 Å². The van der Waals surface area contributed by atoms with Gasteiger partial charge in [0.1, 0.15) is 0 Å². The summed E-state index contributed by atoms with van der Waals surface area (Å²) in [6.45, 7) is 2.76. The molecule has 0 atom stereocenters. The Morgan fingerprint density at radius 1 is 1.03 bits per heavy atom. The van der Waals surface area contributed by atoms with Crippen molar-refractivity contribution in [3.05, 3.63) is 72.9 Å². The number of aliphatic imine (C=N–C) groups is 1. The first kappa shape index (κ1) is 23.7. The van der Waals surface area contributed by atoms with Gasteiger partial charge >= 0.3 is 0 Å². The number of benzene rings is 2. The van der Waals surface area contributed by atoms with Crippen molar-refractivity contribution in [2.75, 3.05) is 6.54 Å². The van der Waals surface area contributed by atoms with Gasteiger partial charge in [0.05, 0.1) is 17.6 Å². The zero-order valence-electron chi connectivity index (χ0n) is 16.5. The SMILES string of the molecule is CCCCN=C(N)NC(=N)N.Cl.c1ccc(-c2ccnn2-c2ccccc2)cc1. The Labute approximate surface area is 177 Å². The van der Waals surface area contributed by atoms with Gasteiger partial charge in [-0.05, 0) is 24.6 Å². The second kappa shape index (κ2) is 13.0. The first-order valence-corrected chi connectivity index (χ1v) is 9.17. The van der Waals surface area contributed by atoms with Crippen molar-refractivity contribution in [2.24, 2.45) is 16.5 Å². The monoisotopic (exact) mass is 413 g/mol. The van der Waals surface area contributed by atoms with Gasteiger partial charge in [0.2, 0.25) is 0 Å². The molecule has 0 amide bonds. The molecule has 0 unspecified atom stereocenters. The van der Waals surface area contributed by atoms with Crippen LogP contribution in [0.25, 0.3) is 16.9 Å². The summed E-state index contributed by atoms with van der Waals surface area (Å²) in [4.78, 5) is 3.92. The van der Waals surface area contributed by atoms with Crippen LogP contribution in [-0.2, 0) is 0 Å². The van der Waals surface area contributed by atoms with Crippen LogP contribution in [-0.4, -0.2) is 28.2 Å². The number of nitrogens with zero attached hydrogens (tertiary/aromatic N) is 3. The van der Waals surface area contributed by atoms with Gasteiger partial charge < -0.3 is 11.5 Å². The molecule has 154 valence electrons. The van der Waals surface area contributed by atoms with E-state index in [1.54, 1.807) is 0 Å². The molecule has 3 aromatic rings. The van der Waals surface area contributed by atoms with Crippen LogP contribution < -0.4 is 16.8 Å². The fourth-order valence-electron chi connectivity index (χ4n) is 2.44. The summed E-state index contributed by atoms with van der Waals surface area (Å²) in [6, 6.07) is 22.5. The lowest BCUT2D eigenvalue weighted by Gasteiger charge is -2.07. The Hall–Kier alpha value is -3.32. The third-order valence-corrected chi connectivity index (χ3v) is 3.77. The molecular weight excluding hydrogens is 386 g/mol. The van der Waals surface area contributed by atoms with Gasteiger partial charge in [0, 0.05) is 12.1 Å². The summed E-state index contributed by atoms with van der Waals surface area (Å²) in [6.07, 6.45) is 3.91. The molecule has 0 aliphatic heterocycles. The average molecular weight is 414 g/mol. The number of rotatable bonds is 5. The van der Waals surface area contributed by atoms with E-state index in [-0.39, 0.29) is 24.3 Å². The Morgan fingerprint density at radius 3 is 2.24 bits per heavy atom. The first-order valence-electron chi connectivity index (χ1n) is 9.17. The molecule has 2 aromatic carbocycles. The lowest BCUT2D eigenvalue weighted by molar-refractivity contribution is 0.804. The number of para-hydroxylation sites is 1. The zero-order valence-corrected chi connectivity index (χ0v) is 17.3. The predicted octanol–water partition coefficient (Wildman–Crippen LogP) is 3.55. The minimum absolute atomic E-state index is 0. The molecule has 8 heteroatoms. The van der Waals surface area contributed by atoms with E-state index >= 15 is 0 Å². The highest BCUT2D eigenvalue weighted by Crippen LogP contribution is 2.21. The Bertz CT molecular complexity index is 822. The van der Waals surface area contributed by atoms with Gasteiger partial charge in [-0.1, -0.05) is 61.9 Å². The van der Waals surface area contributed by atoms with Crippen LogP contribution in [0.4, 0.5) is 0 Å². The molecule has 0 spiro atoms. The number of aromatic nitrogens is 2. The van der Waals surface area contributed by atoms with Crippen molar-refractivity contribution >= 4 is 24.3 Å². The number of nitrogens with two attached hydrogens (primary N) is 2. The third-order valence-electron chi connectivity index (χ3n) is 3.77. The molecule has 3 rings (SSSR count). The highest BCUT2D eigenvalue weighted by Gasteiger charge is 2.05. The Balaban J connectivity index is 0.000000310.